The lowest BCUT2D eigenvalue weighted by atomic mass is 9.93. The molecule has 6 heteroatoms. The van der Waals surface area contributed by atoms with E-state index >= 15 is 0 Å². The number of aryl methyl sites for hydroxylation is 3. The van der Waals surface area contributed by atoms with Crippen LogP contribution in [0.1, 0.15) is 54.6 Å². The third-order valence-corrected chi connectivity index (χ3v) is 6.51. The maximum atomic E-state index is 13.5. The van der Waals surface area contributed by atoms with Crippen molar-refractivity contribution in [3.05, 3.63) is 94.1 Å². The van der Waals surface area contributed by atoms with Crippen LogP contribution in [0.5, 0.6) is 11.5 Å². The Kier molecular flexibility index (Phi) is 7.39. The van der Waals surface area contributed by atoms with Gasteiger partial charge in [0.25, 0.3) is 11.7 Å². The molecule has 0 aliphatic carbocycles. The first-order chi connectivity index (χ1) is 17.7. The highest BCUT2D eigenvalue weighted by atomic mass is 16.5. The number of hydrogen-bond acceptors (Lipinski definition) is 5. The van der Waals surface area contributed by atoms with Crippen LogP contribution in [0.2, 0.25) is 0 Å². The normalized spacial score (nSPS) is 16.9. The molecule has 1 amide bonds. The van der Waals surface area contributed by atoms with E-state index in [-0.39, 0.29) is 17.4 Å². The summed E-state index contributed by atoms with van der Waals surface area (Å²) >= 11 is 0. The van der Waals surface area contributed by atoms with Gasteiger partial charge in [-0.05, 0) is 86.7 Å². The summed E-state index contributed by atoms with van der Waals surface area (Å²) in [6.45, 7) is 9.72. The number of nitrogens with zero attached hydrogens (tertiary/aromatic N) is 1. The number of carbonyl (C=O) groups is 2. The number of carbonyl (C=O) groups excluding carboxylic acids is 2. The zero-order chi connectivity index (χ0) is 26.9. The van der Waals surface area contributed by atoms with Crippen molar-refractivity contribution >= 4 is 23.1 Å². The van der Waals surface area contributed by atoms with Gasteiger partial charge >= 0.3 is 0 Å². The van der Waals surface area contributed by atoms with Crippen LogP contribution in [0, 0.1) is 13.8 Å². The third-order valence-electron chi connectivity index (χ3n) is 6.51. The SMILES string of the molecule is CCc1ccc(C2/C(=C(\O)c3cc(C)cc(C)c3OC)C(=O)C(=O)N2c2ccc(OC(C)C)cc2)cc1. The molecular weight excluding hydrogens is 466 g/mol. The second-order valence-corrected chi connectivity index (χ2v) is 9.59. The summed E-state index contributed by atoms with van der Waals surface area (Å²) in [6.07, 6.45) is 0.863. The lowest BCUT2D eigenvalue weighted by molar-refractivity contribution is -0.132. The molecule has 1 N–H and O–H groups in total. The van der Waals surface area contributed by atoms with Crippen LogP contribution in [0.3, 0.4) is 0 Å². The monoisotopic (exact) mass is 499 g/mol. The lowest BCUT2D eigenvalue weighted by Gasteiger charge is -2.26. The van der Waals surface area contributed by atoms with Gasteiger partial charge < -0.3 is 14.6 Å². The van der Waals surface area contributed by atoms with Gasteiger partial charge in [0, 0.05) is 5.69 Å². The number of hydrogen-bond donors (Lipinski definition) is 1. The van der Waals surface area contributed by atoms with Crippen molar-refractivity contribution in [1.29, 1.82) is 0 Å². The fraction of sp³-hybridized carbons (Fsp3) is 0.290. The van der Waals surface area contributed by atoms with E-state index in [0.29, 0.717) is 22.7 Å². The molecule has 0 aromatic heterocycles. The van der Waals surface area contributed by atoms with Gasteiger partial charge in [-0.1, -0.05) is 37.3 Å². The molecule has 0 spiro atoms. The molecule has 1 fully saturated rings. The van der Waals surface area contributed by atoms with E-state index in [1.807, 2.05) is 58.0 Å². The van der Waals surface area contributed by atoms with Gasteiger partial charge in [-0.2, -0.15) is 0 Å². The zero-order valence-electron chi connectivity index (χ0n) is 22.2. The average Bonchev–Trinajstić information content (AvgIpc) is 3.13. The summed E-state index contributed by atoms with van der Waals surface area (Å²) in [4.78, 5) is 28.4. The Morgan fingerprint density at radius 1 is 1.00 bits per heavy atom. The quantitative estimate of drug-likeness (QED) is 0.235. The van der Waals surface area contributed by atoms with E-state index in [9.17, 15) is 14.7 Å². The van der Waals surface area contributed by atoms with Crippen molar-refractivity contribution in [2.24, 2.45) is 0 Å². The van der Waals surface area contributed by atoms with Crippen molar-refractivity contribution in [3.8, 4) is 11.5 Å². The smallest absolute Gasteiger partial charge is 0.300 e. The maximum absolute atomic E-state index is 13.5. The average molecular weight is 500 g/mol. The number of rotatable bonds is 7. The minimum atomic E-state index is -0.812. The summed E-state index contributed by atoms with van der Waals surface area (Å²) in [5, 5.41) is 11.6. The number of ether oxygens (including phenoxy) is 2. The molecule has 4 rings (SSSR count). The van der Waals surface area contributed by atoms with Crippen LogP contribution in [0.25, 0.3) is 5.76 Å². The highest BCUT2D eigenvalue weighted by molar-refractivity contribution is 6.51. The second kappa shape index (κ2) is 10.5. The lowest BCUT2D eigenvalue weighted by Crippen LogP contribution is -2.29. The van der Waals surface area contributed by atoms with Gasteiger partial charge in [0.1, 0.15) is 17.3 Å². The number of methoxy groups -OCH3 is 1. The van der Waals surface area contributed by atoms with Gasteiger partial charge in [-0.3, -0.25) is 14.5 Å². The van der Waals surface area contributed by atoms with Crippen LogP contribution >= 0.6 is 0 Å². The van der Waals surface area contributed by atoms with Crippen molar-refractivity contribution < 1.29 is 24.2 Å². The highest BCUT2D eigenvalue weighted by Crippen LogP contribution is 2.44. The van der Waals surface area contributed by atoms with Crippen LogP contribution in [-0.4, -0.2) is 30.0 Å². The highest BCUT2D eigenvalue weighted by Gasteiger charge is 2.47. The molecule has 1 atom stereocenters. The molecule has 0 bridgehead atoms. The van der Waals surface area contributed by atoms with Crippen LogP contribution in [0.4, 0.5) is 5.69 Å². The Morgan fingerprint density at radius 2 is 1.65 bits per heavy atom. The largest absolute Gasteiger partial charge is 0.507 e. The molecule has 1 aliphatic rings. The van der Waals surface area contributed by atoms with Gasteiger partial charge in [0.15, 0.2) is 0 Å². The molecule has 1 unspecified atom stereocenters. The topological polar surface area (TPSA) is 76.1 Å². The molecular formula is C31H33NO5. The van der Waals surface area contributed by atoms with E-state index in [1.165, 1.54) is 12.0 Å². The first kappa shape index (κ1) is 26.0. The Hall–Kier alpha value is -4.06. The Morgan fingerprint density at radius 3 is 2.22 bits per heavy atom. The number of Topliss-reactive ketones (excluding diaryl/α,β-unsaturated/α-hetero) is 1. The second-order valence-electron chi connectivity index (χ2n) is 9.59. The summed E-state index contributed by atoms with van der Waals surface area (Å²) in [5.41, 5.74) is 4.53. The molecule has 0 radical (unpaired) electrons. The number of ketones is 1. The van der Waals surface area contributed by atoms with E-state index < -0.39 is 17.7 Å². The number of amides is 1. The molecule has 192 valence electrons. The molecule has 6 nitrogen and oxygen atoms in total. The predicted octanol–water partition coefficient (Wildman–Crippen LogP) is 6.29. The molecule has 1 heterocycles. The standard InChI is InChI=1S/C31H33NO5/c1-7-21-8-10-22(11-9-21)27-26(28(33)25-17-19(4)16-20(5)30(25)36-6)29(34)31(35)32(27)23-12-14-24(15-13-23)37-18(2)3/h8-18,27,33H,7H2,1-6H3/b28-26+. The van der Waals surface area contributed by atoms with E-state index in [1.54, 1.807) is 30.3 Å². The minimum Gasteiger partial charge on any atom is -0.507 e. The van der Waals surface area contributed by atoms with Crippen LogP contribution in [-0.2, 0) is 16.0 Å². The molecule has 3 aromatic rings. The summed E-state index contributed by atoms with van der Waals surface area (Å²) in [5.74, 6) is -0.574. The van der Waals surface area contributed by atoms with Crippen LogP contribution in [0.15, 0.2) is 66.2 Å². The fourth-order valence-corrected chi connectivity index (χ4v) is 4.85. The van der Waals surface area contributed by atoms with Crippen molar-refractivity contribution in [1.82, 2.24) is 0 Å². The Labute approximate surface area is 218 Å². The van der Waals surface area contributed by atoms with Gasteiger partial charge in [0.2, 0.25) is 0 Å². The van der Waals surface area contributed by atoms with Crippen molar-refractivity contribution in [2.45, 2.75) is 53.2 Å². The van der Waals surface area contributed by atoms with E-state index in [0.717, 1.165) is 28.7 Å². The minimum absolute atomic E-state index is 0.00456. The molecule has 37 heavy (non-hydrogen) atoms. The van der Waals surface area contributed by atoms with E-state index in [2.05, 4.69) is 6.92 Å². The van der Waals surface area contributed by atoms with Gasteiger partial charge in [-0.15, -0.1) is 0 Å². The van der Waals surface area contributed by atoms with Crippen molar-refractivity contribution in [3.63, 3.8) is 0 Å². The number of benzene rings is 3. The Balaban J connectivity index is 1.93. The molecule has 1 saturated heterocycles. The Bertz CT molecular complexity index is 1350. The first-order valence-corrected chi connectivity index (χ1v) is 12.5. The van der Waals surface area contributed by atoms with Crippen LogP contribution < -0.4 is 14.4 Å². The number of anilines is 1. The molecule has 0 saturated carbocycles. The molecule has 1 aliphatic heterocycles. The molecule has 3 aromatic carbocycles. The van der Waals surface area contributed by atoms with E-state index in [4.69, 9.17) is 9.47 Å². The summed E-state index contributed by atoms with van der Waals surface area (Å²) < 4.78 is 11.3. The maximum Gasteiger partial charge on any atom is 0.300 e. The zero-order valence-corrected chi connectivity index (χ0v) is 22.2. The van der Waals surface area contributed by atoms with Gasteiger partial charge in [-0.25, -0.2) is 0 Å². The summed E-state index contributed by atoms with van der Waals surface area (Å²) in [6, 6.07) is 17.7. The van der Waals surface area contributed by atoms with Gasteiger partial charge in [0.05, 0.1) is 30.4 Å². The number of aliphatic hydroxyl groups excluding tert-OH is 1. The third kappa shape index (κ3) is 4.96. The first-order valence-electron chi connectivity index (χ1n) is 12.5. The fourth-order valence-electron chi connectivity index (χ4n) is 4.85. The number of aliphatic hydroxyl groups is 1. The summed E-state index contributed by atoms with van der Waals surface area (Å²) in [7, 11) is 1.52. The predicted molar refractivity (Wildman–Crippen MR) is 145 cm³/mol. The van der Waals surface area contributed by atoms with Crippen molar-refractivity contribution in [2.75, 3.05) is 12.0 Å².